The van der Waals surface area contributed by atoms with Crippen molar-refractivity contribution in [1.82, 2.24) is 4.98 Å². The Morgan fingerprint density at radius 2 is 2.00 bits per heavy atom. The van der Waals surface area contributed by atoms with Gasteiger partial charge in [0.05, 0.1) is 0 Å². The summed E-state index contributed by atoms with van der Waals surface area (Å²) in [5, 5.41) is 3.22. The number of nitrogens with one attached hydrogen (secondary N) is 1. The van der Waals surface area contributed by atoms with Crippen LogP contribution in [0, 0.1) is 6.92 Å². The average molecular weight is 384 g/mol. The molecule has 2 aromatic carbocycles. The van der Waals surface area contributed by atoms with Crippen LogP contribution in [0.1, 0.15) is 18.1 Å². The molecule has 0 fully saturated rings. The quantitative estimate of drug-likeness (QED) is 0.490. The first-order valence-electron chi connectivity index (χ1n) is 8.59. The second-order valence-corrected chi connectivity index (χ2v) is 6.83. The van der Waals surface area contributed by atoms with E-state index >= 15 is 0 Å². The number of aromatic nitrogens is 1. The second-order valence-electron chi connectivity index (χ2n) is 5.91. The summed E-state index contributed by atoms with van der Waals surface area (Å²) in [6.45, 7) is 3.62. The van der Waals surface area contributed by atoms with E-state index in [1.165, 1.54) is 0 Å². The third-order valence-electron chi connectivity index (χ3n) is 3.96. The van der Waals surface area contributed by atoms with Crippen LogP contribution >= 0.6 is 11.8 Å². The highest BCUT2D eigenvalue weighted by atomic mass is 32.2. The zero-order valence-corrected chi connectivity index (χ0v) is 16.0. The normalized spacial score (nSPS) is 10.7. The third-order valence-corrected chi connectivity index (χ3v) is 4.76. The van der Waals surface area contributed by atoms with Gasteiger partial charge in [-0.25, -0.2) is 4.98 Å². The Hall–Kier alpha value is -2.80. The number of para-hydroxylation sites is 3. The number of hydrogen-bond donors (Lipinski definition) is 1. The van der Waals surface area contributed by atoms with Crippen LogP contribution in [0.3, 0.4) is 0 Å². The molecule has 3 rings (SSSR count). The molecule has 0 radical (unpaired) electrons. The molecule has 0 saturated carbocycles. The molecule has 0 bridgehead atoms. The van der Waals surface area contributed by atoms with E-state index < -0.39 is 5.97 Å². The summed E-state index contributed by atoms with van der Waals surface area (Å²) in [7, 11) is 0. The highest BCUT2D eigenvalue weighted by Gasteiger charge is 2.13. The number of aryl methyl sites for hydroxylation is 2. The first-order valence-corrected chi connectivity index (χ1v) is 9.57. The van der Waals surface area contributed by atoms with Gasteiger partial charge in [0.15, 0.2) is 12.2 Å². The molecule has 3 aromatic rings. The van der Waals surface area contributed by atoms with Crippen LogP contribution < -0.4 is 5.32 Å². The van der Waals surface area contributed by atoms with Crippen molar-refractivity contribution in [3.8, 4) is 0 Å². The molecular weight excluding hydrogens is 364 g/mol. The molecule has 0 atom stereocenters. The van der Waals surface area contributed by atoms with Crippen LogP contribution in [0.5, 0.6) is 0 Å². The fourth-order valence-electron chi connectivity index (χ4n) is 2.60. The number of amides is 1. The predicted molar refractivity (Wildman–Crippen MR) is 105 cm³/mol. The van der Waals surface area contributed by atoms with Gasteiger partial charge >= 0.3 is 5.97 Å². The van der Waals surface area contributed by atoms with Crippen LogP contribution in [0.4, 0.5) is 5.69 Å². The molecule has 0 saturated heterocycles. The number of carbonyl (C=O) groups excluding carboxylic acids is 2. The van der Waals surface area contributed by atoms with Gasteiger partial charge in [0, 0.05) is 5.69 Å². The number of oxazole rings is 1. The number of carbonyl (C=O) groups is 2. The van der Waals surface area contributed by atoms with E-state index in [4.69, 9.17) is 9.15 Å². The Balaban J connectivity index is 1.48. The summed E-state index contributed by atoms with van der Waals surface area (Å²) >= 11 is 1.13. The van der Waals surface area contributed by atoms with Gasteiger partial charge in [-0.3, -0.25) is 9.59 Å². The maximum Gasteiger partial charge on any atom is 0.316 e. The number of thioether (sulfide) groups is 1. The molecule has 27 heavy (non-hydrogen) atoms. The predicted octanol–water partition coefficient (Wildman–Crippen LogP) is 3.97. The summed E-state index contributed by atoms with van der Waals surface area (Å²) in [5.74, 6) is -0.845. The summed E-state index contributed by atoms with van der Waals surface area (Å²) in [6, 6.07) is 13.2. The molecule has 0 spiro atoms. The van der Waals surface area contributed by atoms with Gasteiger partial charge in [0.1, 0.15) is 11.3 Å². The Bertz CT molecular complexity index is 935. The van der Waals surface area contributed by atoms with E-state index in [2.05, 4.69) is 10.3 Å². The number of anilines is 1. The molecule has 140 valence electrons. The smallest absolute Gasteiger partial charge is 0.316 e. The van der Waals surface area contributed by atoms with E-state index in [0.29, 0.717) is 10.8 Å². The topological polar surface area (TPSA) is 81.4 Å². The van der Waals surface area contributed by atoms with Crippen molar-refractivity contribution in [2.24, 2.45) is 0 Å². The van der Waals surface area contributed by atoms with Gasteiger partial charge in [0.2, 0.25) is 0 Å². The van der Waals surface area contributed by atoms with Crippen molar-refractivity contribution in [3.05, 3.63) is 53.6 Å². The fraction of sp³-hybridized carbons (Fsp3) is 0.250. The molecule has 0 unspecified atom stereocenters. The molecule has 6 nitrogen and oxygen atoms in total. The molecule has 0 aliphatic rings. The van der Waals surface area contributed by atoms with Crippen molar-refractivity contribution in [3.63, 3.8) is 0 Å². The van der Waals surface area contributed by atoms with Crippen LogP contribution in [0.25, 0.3) is 11.1 Å². The summed E-state index contributed by atoms with van der Waals surface area (Å²) in [5.41, 5.74) is 4.19. The Labute approximate surface area is 161 Å². The summed E-state index contributed by atoms with van der Waals surface area (Å²) in [6.07, 6.45) is 0.804. The number of benzene rings is 2. The maximum absolute atomic E-state index is 12.1. The van der Waals surface area contributed by atoms with Gasteiger partial charge in [-0.15, -0.1) is 0 Å². The number of hydrogen-bond acceptors (Lipinski definition) is 6. The summed E-state index contributed by atoms with van der Waals surface area (Å²) in [4.78, 5) is 28.3. The van der Waals surface area contributed by atoms with E-state index in [1.54, 1.807) is 0 Å². The second kappa shape index (κ2) is 8.73. The van der Waals surface area contributed by atoms with Crippen LogP contribution in [-0.2, 0) is 20.7 Å². The average Bonchev–Trinajstić information content (AvgIpc) is 3.09. The van der Waals surface area contributed by atoms with Gasteiger partial charge in [-0.2, -0.15) is 0 Å². The standard InChI is InChI=1S/C20H20N2O4S/c1-3-14-8-6-7-13(2)19(14)22-17(23)11-25-18(24)12-27-20-21-15-9-4-5-10-16(15)26-20/h4-10H,3,11-12H2,1-2H3,(H,22,23). The monoisotopic (exact) mass is 384 g/mol. The minimum atomic E-state index is -0.502. The van der Waals surface area contributed by atoms with Crippen molar-refractivity contribution in [2.75, 3.05) is 17.7 Å². The fourth-order valence-corrected chi connectivity index (χ4v) is 3.23. The lowest BCUT2D eigenvalue weighted by Gasteiger charge is -2.13. The highest BCUT2D eigenvalue weighted by molar-refractivity contribution is 7.99. The lowest BCUT2D eigenvalue weighted by Crippen LogP contribution is -2.22. The van der Waals surface area contributed by atoms with E-state index in [1.807, 2.05) is 56.3 Å². The molecule has 1 heterocycles. The minimum absolute atomic E-state index is 0.0185. The molecule has 7 heteroatoms. The maximum atomic E-state index is 12.1. The van der Waals surface area contributed by atoms with Crippen LogP contribution in [0.2, 0.25) is 0 Å². The number of esters is 1. The largest absolute Gasteiger partial charge is 0.455 e. The zero-order valence-electron chi connectivity index (χ0n) is 15.2. The van der Waals surface area contributed by atoms with E-state index in [-0.39, 0.29) is 18.3 Å². The number of nitrogens with zero attached hydrogens (tertiary/aromatic N) is 1. The number of ether oxygens (including phenoxy) is 1. The molecule has 1 amide bonds. The molecule has 1 N–H and O–H groups in total. The Morgan fingerprint density at radius 1 is 1.19 bits per heavy atom. The molecule has 0 aliphatic carbocycles. The van der Waals surface area contributed by atoms with Gasteiger partial charge in [-0.1, -0.05) is 49.0 Å². The summed E-state index contributed by atoms with van der Waals surface area (Å²) < 4.78 is 10.6. The number of fused-ring (bicyclic) bond motifs is 1. The van der Waals surface area contributed by atoms with Crippen molar-refractivity contribution >= 4 is 40.4 Å². The van der Waals surface area contributed by atoms with E-state index in [0.717, 1.165) is 40.5 Å². The third kappa shape index (κ3) is 4.89. The number of rotatable bonds is 7. The van der Waals surface area contributed by atoms with E-state index in [9.17, 15) is 9.59 Å². The Kier molecular flexibility index (Phi) is 6.13. The molecule has 1 aromatic heterocycles. The SMILES string of the molecule is CCc1cccc(C)c1NC(=O)COC(=O)CSc1nc2ccccc2o1. The van der Waals surface area contributed by atoms with Gasteiger partial charge in [0.25, 0.3) is 11.1 Å². The van der Waals surface area contributed by atoms with Gasteiger partial charge < -0.3 is 14.5 Å². The Morgan fingerprint density at radius 3 is 2.78 bits per heavy atom. The minimum Gasteiger partial charge on any atom is -0.455 e. The first kappa shape index (κ1) is 19.0. The van der Waals surface area contributed by atoms with Crippen molar-refractivity contribution in [2.45, 2.75) is 25.5 Å². The lowest BCUT2D eigenvalue weighted by molar-refractivity contribution is -0.144. The lowest BCUT2D eigenvalue weighted by atomic mass is 10.1. The molecular formula is C20H20N2O4S. The molecule has 0 aliphatic heterocycles. The van der Waals surface area contributed by atoms with Crippen LogP contribution in [0.15, 0.2) is 52.1 Å². The highest BCUT2D eigenvalue weighted by Crippen LogP contribution is 2.23. The zero-order chi connectivity index (χ0) is 19.2. The van der Waals surface area contributed by atoms with Crippen LogP contribution in [-0.4, -0.2) is 29.2 Å². The van der Waals surface area contributed by atoms with Gasteiger partial charge in [-0.05, 0) is 36.6 Å². The first-order chi connectivity index (χ1) is 13.1. The van der Waals surface area contributed by atoms with Crippen molar-refractivity contribution < 1.29 is 18.7 Å². The van der Waals surface area contributed by atoms with Crippen molar-refractivity contribution in [1.29, 1.82) is 0 Å².